The highest BCUT2D eigenvalue weighted by molar-refractivity contribution is 7.99. The summed E-state index contributed by atoms with van der Waals surface area (Å²) in [5, 5.41) is 7.70. The molecule has 3 nitrogen and oxygen atoms in total. The van der Waals surface area contributed by atoms with Crippen LogP contribution in [0.3, 0.4) is 0 Å². The van der Waals surface area contributed by atoms with E-state index in [4.69, 9.17) is 4.52 Å². The zero-order valence-electron chi connectivity index (χ0n) is 12.0. The smallest absolute Gasteiger partial charge is 0.138 e. The lowest BCUT2D eigenvalue weighted by atomic mass is 9.99. The van der Waals surface area contributed by atoms with Crippen molar-refractivity contribution in [2.45, 2.75) is 32.9 Å². The molecular weight excluding hydrogens is 268 g/mol. The van der Waals surface area contributed by atoms with Crippen LogP contribution in [-0.2, 0) is 13.0 Å². The van der Waals surface area contributed by atoms with Gasteiger partial charge in [0, 0.05) is 23.9 Å². The van der Waals surface area contributed by atoms with Crippen LogP contribution in [0, 0.1) is 13.8 Å². The van der Waals surface area contributed by atoms with E-state index in [1.165, 1.54) is 28.9 Å². The number of fused-ring (bicyclic) bond motifs is 1. The predicted octanol–water partition coefficient (Wildman–Crippen LogP) is 3.41. The molecule has 106 valence electrons. The van der Waals surface area contributed by atoms with Crippen LogP contribution in [0.25, 0.3) is 0 Å². The van der Waals surface area contributed by atoms with E-state index in [2.05, 4.69) is 34.7 Å². The second kappa shape index (κ2) is 6.02. The maximum absolute atomic E-state index is 5.23. The average molecular weight is 288 g/mol. The van der Waals surface area contributed by atoms with Gasteiger partial charge in [-0.25, -0.2) is 0 Å². The van der Waals surface area contributed by atoms with Gasteiger partial charge in [0.15, 0.2) is 0 Å². The van der Waals surface area contributed by atoms with E-state index in [1.807, 2.05) is 25.6 Å². The third-order valence-corrected chi connectivity index (χ3v) is 5.00. The number of nitrogens with zero attached hydrogens (tertiary/aromatic N) is 1. The number of nitrogens with one attached hydrogen (secondary N) is 1. The molecule has 0 radical (unpaired) electrons. The highest BCUT2D eigenvalue weighted by atomic mass is 32.2. The molecule has 0 aliphatic carbocycles. The standard InChI is InChI=1S/C16H20N2OS/c1-11-15(12(2)19-18-11)9-17-16-10-20-8-7-13-5-3-4-6-14(13)16/h3-6,16-17H,7-10H2,1-2H3. The van der Waals surface area contributed by atoms with Crippen LogP contribution in [0.2, 0.25) is 0 Å². The highest BCUT2D eigenvalue weighted by Crippen LogP contribution is 2.28. The molecular formula is C16H20N2OS. The summed E-state index contributed by atoms with van der Waals surface area (Å²) >= 11 is 2.02. The molecule has 0 saturated carbocycles. The van der Waals surface area contributed by atoms with Crippen LogP contribution < -0.4 is 5.32 Å². The highest BCUT2D eigenvalue weighted by Gasteiger charge is 2.19. The van der Waals surface area contributed by atoms with Crippen molar-refractivity contribution in [1.82, 2.24) is 10.5 Å². The van der Waals surface area contributed by atoms with Crippen molar-refractivity contribution in [3.05, 3.63) is 52.4 Å². The van der Waals surface area contributed by atoms with Gasteiger partial charge in [-0.05, 0) is 37.1 Å². The van der Waals surface area contributed by atoms with E-state index < -0.39 is 0 Å². The quantitative estimate of drug-likeness (QED) is 0.939. The molecule has 0 bridgehead atoms. The van der Waals surface area contributed by atoms with Gasteiger partial charge in [-0.15, -0.1) is 0 Å². The number of aromatic nitrogens is 1. The number of thioether (sulfide) groups is 1. The molecule has 0 fully saturated rings. The zero-order valence-corrected chi connectivity index (χ0v) is 12.8. The fourth-order valence-corrected chi connectivity index (χ4v) is 3.79. The SMILES string of the molecule is Cc1noc(C)c1CNC1CSCCc2ccccc21. The van der Waals surface area contributed by atoms with Gasteiger partial charge in [0.25, 0.3) is 0 Å². The molecule has 0 amide bonds. The lowest BCUT2D eigenvalue weighted by Crippen LogP contribution is -2.23. The minimum Gasteiger partial charge on any atom is -0.361 e. The monoisotopic (exact) mass is 288 g/mol. The molecule has 1 aliphatic rings. The Labute approximate surface area is 124 Å². The first-order valence-electron chi connectivity index (χ1n) is 7.06. The maximum atomic E-state index is 5.23. The number of benzene rings is 1. The van der Waals surface area contributed by atoms with Crippen molar-refractivity contribution in [2.75, 3.05) is 11.5 Å². The third-order valence-electron chi connectivity index (χ3n) is 3.94. The first-order valence-corrected chi connectivity index (χ1v) is 8.22. The Hall–Kier alpha value is -1.26. The van der Waals surface area contributed by atoms with Crippen molar-refractivity contribution in [1.29, 1.82) is 0 Å². The Morgan fingerprint density at radius 3 is 3.00 bits per heavy atom. The molecule has 1 N–H and O–H groups in total. The van der Waals surface area contributed by atoms with Crippen molar-refractivity contribution in [3.8, 4) is 0 Å². The number of hydrogen-bond donors (Lipinski definition) is 1. The molecule has 2 heterocycles. The van der Waals surface area contributed by atoms with Crippen molar-refractivity contribution >= 4 is 11.8 Å². The van der Waals surface area contributed by atoms with Crippen molar-refractivity contribution in [3.63, 3.8) is 0 Å². The predicted molar refractivity (Wildman–Crippen MR) is 83.0 cm³/mol. The third kappa shape index (κ3) is 2.76. The Kier molecular flexibility index (Phi) is 4.13. The summed E-state index contributed by atoms with van der Waals surface area (Å²) in [5.74, 6) is 3.26. The lowest BCUT2D eigenvalue weighted by molar-refractivity contribution is 0.391. The fraction of sp³-hybridized carbons (Fsp3) is 0.438. The maximum Gasteiger partial charge on any atom is 0.138 e. The first-order chi connectivity index (χ1) is 9.75. The first kappa shape index (κ1) is 13.7. The molecule has 1 aromatic carbocycles. The van der Waals surface area contributed by atoms with E-state index in [1.54, 1.807) is 0 Å². The molecule has 0 saturated heterocycles. The van der Waals surface area contributed by atoms with Crippen LogP contribution in [0.4, 0.5) is 0 Å². The van der Waals surface area contributed by atoms with Gasteiger partial charge in [0.2, 0.25) is 0 Å². The van der Waals surface area contributed by atoms with Crippen LogP contribution in [0.5, 0.6) is 0 Å². The Morgan fingerprint density at radius 1 is 1.35 bits per heavy atom. The molecule has 1 aliphatic heterocycles. The van der Waals surface area contributed by atoms with E-state index >= 15 is 0 Å². The van der Waals surface area contributed by atoms with Gasteiger partial charge in [-0.1, -0.05) is 29.4 Å². The minimum absolute atomic E-state index is 0.410. The number of aryl methyl sites for hydroxylation is 3. The summed E-state index contributed by atoms with van der Waals surface area (Å²) < 4.78 is 5.23. The summed E-state index contributed by atoms with van der Waals surface area (Å²) in [6.07, 6.45) is 1.17. The normalized spacial score (nSPS) is 18.6. The van der Waals surface area contributed by atoms with Gasteiger partial charge < -0.3 is 9.84 Å². The van der Waals surface area contributed by atoms with E-state index in [0.29, 0.717) is 6.04 Å². The van der Waals surface area contributed by atoms with Crippen molar-refractivity contribution in [2.24, 2.45) is 0 Å². The van der Waals surface area contributed by atoms with Crippen LogP contribution in [-0.4, -0.2) is 16.7 Å². The minimum atomic E-state index is 0.410. The molecule has 2 aromatic rings. The van der Waals surface area contributed by atoms with Gasteiger partial charge in [-0.3, -0.25) is 0 Å². The molecule has 0 spiro atoms. The molecule has 1 unspecified atom stereocenters. The van der Waals surface area contributed by atoms with Gasteiger partial charge >= 0.3 is 0 Å². The molecule has 1 atom stereocenters. The summed E-state index contributed by atoms with van der Waals surface area (Å²) in [6.45, 7) is 4.80. The van der Waals surface area contributed by atoms with Gasteiger partial charge in [0.1, 0.15) is 5.76 Å². The Bertz CT molecular complexity index is 574. The average Bonchev–Trinajstić information content (AvgIpc) is 2.67. The van der Waals surface area contributed by atoms with E-state index in [0.717, 1.165) is 23.8 Å². The zero-order chi connectivity index (χ0) is 13.9. The van der Waals surface area contributed by atoms with E-state index in [9.17, 15) is 0 Å². The summed E-state index contributed by atoms with van der Waals surface area (Å²) in [5.41, 5.74) is 5.11. The summed E-state index contributed by atoms with van der Waals surface area (Å²) in [6, 6.07) is 9.20. The molecule has 1 aromatic heterocycles. The van der Waals surface area contributed by atoms with Crippen LogP contribution in [0.1, 0.15) is 34.2 Å². The summed E-state index contributed by atoms with van der Waals surface area (Å²) in [4.78, 5) is 0. The number of hydrogen-bond acceptors (Lipinski definition) is 4. The van der Waals surface area contributed by atoms with E-state index in [-0.39, 0.29) is 0 Å². The van der Waals surface area contributed by atoms with Crippen LogP contribution in [0.15, 0.2) is 28.8 Å². The molecule has 3 rings (SSSR count). The second-order valence-electron chi connectivity index (χ2n) is 5.26. The Morgan fingerprint density at radius 2 is 2.20 bits per heavy atom. The molecule has 20 heavy (non-hydrogen) atoms. The fourth-order valence-electron chi connectivity index (χ4n) is 2.72. The lowest BCUT2D eigenvalue weighted by Gasteiger charge is -2.19. The van der Waals surface area contributed by atoms with Gasteiger partial charge in [0.05, 0.1) is 5.69 Å². The summed E-state index contributed by atoms with van der Waals surface area (Å²) in [7, 11) is 0. The van der Waals surface area contributed by atoms with Crippen molar-refractivity contribution < 1.29 is 4.52 Å². The second-order valence-corrected chi connectivity index (χ2v) is 6.41. The number of rotatable bonds is 3. The largest absolute Gasteiger partial charge is 0.361 e. The van der Waals surface area contributed by atoms with Crippen LogP contribution >= 0.6 is 11.8 Å². The Balaban J connectivity index is 1.77. The topological polar surface area (TPSA) is 38.1 Å². The molecule has 4 heteroatoms. The van der Waals surface area contributed by atoms with Gasteiger partial charge in [-0.2, -0.15) is 11.8 Å².